The maximum Gasteiger partial charge on any atom is 0.428 e. The fraction of sp³-hybridized carbons (Fsp3) is 0.0769. The third-order valence-corrected chi connectivity index (χ3v) is 4.23. The van der Waals surface area contributed by atoms with Crippen LogP contribution in [0.3, 0.4) is 0 Å². The molecule has 0 saturated carbocycles. The standard InChI is InChI=1S/C13H9Cl4O2P/c14-13(15,10-6-2-1-3-7-10)11-8-4-5-9-12(11)19-20(16,17)18/h1-9H. The van der Waals surface area contributed by atoms with E-state index >= 15 is 0 Å². The first-order valence-electron chi connectivity index (χ1n) is 5.52. The normalized spacial score (nSPS) is 12.2. The van der Waals surface area contributed by atoms with Gasteiger partial charge in [0.1, 0.15) is 5.75 Å². The van der Waals surface area contributed by atoms with Gasteiger partial charge in [0.15, 0.2) is 4.33 Å². The van der Waals surface area contributed by atoms with Crippen LogP contribution in [0.25, 0.3) is 0 Å². The lowest BCUT2D eigenvalue weighted by atomic mass is 10.0. The van der Waals surface area contributed by atoms with Gasteiger partial charge in [-0.2, -0.15) is 0 Å². The third kappa shape index (κ3) is 3.84. The first kappa shape index (κ1) is 16.0. The lowest BCUT2D eigenvalue weighted by Gasteiger charge is -2.23. The summed E-state index contributed by atoms with van der Waals surface area (Å²) in [6.45, 7) is 0. The van der Waals surface area contributed by atoms with Gasteiger partial charge in [0.25, 0.3) is 0 Å². The number of para-hydroxylation sites is 1. The minimum absolute atomic E-state index is 0.176. The molecule has 0 atom stereocenters. The Bertz CT molecular complexity index is 640. The summed E-state index contributed by atoms with van der Waals surface area (Å²) in [7, 11) is 0. The lowest BCUT2D eigenvalue weighted by Crippen LogP contribution is -2.13. The molecule has 0 fully saturated rings. The van der Waals surface area contributed by atoms with Crippen LogP contribution in [0.15, 0.2) is 54.6 Å². The fourth-order valence-electron chi connectivity index (χ4n) is 1.72. The predicted octanol–water partition coefficient (Wildman–Crippen LogP) is 6.33. The molecular formula is C13H9Cl4O2P. The molecule has 0 spiro atoms. The second-order valence-electron chi connectivity index (χ2n) is 3.94. The van der Waals surface area contributed by atoms with Crippen LogP contribution < -0.4 is 4.52 Å². The molecule has 0 saturated heterocycles. The van der Waals surface area contributed by atoms with Crippen LogP contribution in [-0.2, 0) is 8.90 Å². The Balaban J connectivity index is 2.50. The molecule has 0 aliphatic carbocycles. The SMILES string of the molecule is O=P(Cl)(Cl)Oc1ccccc1C(Cl)(Cl)c1ccccc1. The summed E-state index contributed by atoms with van der Waals surface area (Å²) >= 11 is 23.8. The summed E-state index contributed by atoms with van der Waals surface area (Å²) in [5.41, 5.74) is 1.06. The number of benzene rings is 2. The Morgan fingerprint density at radius 2 is 1.45 bits per heavy atom. The van der Waals surface area contributed by atoms with E-state index in [1.165, 1.54) is 0 Å². The highest BCUT2D eigenvalue weighted by atomic mass is 35.9. The van der Waals surface area contributed by atoms with Gasteiger partial charge < -0.3 is 4.52 Å². The van der Waals surface area contributed by atoms with Gasteiger partial charge in [-0.3, -0.25) is 0 Å². The van der Waals surface area contributed by atoms with E-state index in [2.05, 4.69) is 0 Å². The third-order valence-electron chi connectivity index (χ3n) is 2.57. The fourth-order valence-corrected chi connectivity index (χ4v) is 3.12. The van der Waals surface area contributed by atoms with E-state index < -0.39 is 10.4 Å². The molecule has 0 aliphatic heterocycles. The predicted molar refractivity (Wildman–Crippen MR) is 85.3 cm³/mol. The average molecular weight is 370 g/mol. The maximum atomic E-state index is 11.4. The summed E-state index contributed by atoms with van der Waals surface area (Å²) in [5, 5.41) is 0. The molecule has 2 nitrogen and oxygen atoms in total. The van der Waals surface area contributed by atoms with Gasteiger partial charge in [0.05, 0.1) is 0 Å². The molecule has 0 aromatic heterocycles. The monoisotopic (exact) mass is 368 g/mol. The largest absolute Gasteiger partial charge is 0.428 e. The van der Waals surface area contributed by atoms with Crippen molar-refractivity contribution in [2.75, 3.05) is 0 Å². The Labute approximate surface area is 136 Å². The molecular weight excluding hydrogens is 361 g/mol. The molecule has 0 aliphatic rings. The molecule has 7 heteroatoms. The van der Waals surface area contributed by atoms with Gasteiger partial charge in [-0.25, -0.2) is 4.57 Å². The van der Waals surface area contributed by atoms with E-state index in [1.807, 2.05) is 18.2 Å². The van der Waals surface area contributed by atoms with Gasteiger partial charge in [-0.1, -0.05) is 71.7 Å². The van der Waals surface area contributed by atoms with Gasteiger partial charge in [-0.05, 0) is 11.6 Å². The zero-order chi connectivity index (χ0) is 14.8. The van der Waals surface area contributed by atoms with Gasteiger partial charge >= 0.3 is 6.07 Å². The second-order valence-corrected chi connectivity index (χ2v) is 9.47. The first-order valence-corrected chi connectivity index (χ1v) is 9.71. The van der Waals surface area contributed by atoms with Crippen molar-refractivity contribution < 1.29 is 9.09 Å². The molecule has 106 valence electrons. The highest BCUT2D eigenvalue weighted by molar-refractivity contribution is 8.05. The zero-order valence-electron chi connectivity index (χ0n) is 9.97. The van der Waals surface area contributed by atoms with Crippen LogP contribution in [0.4, 0.5) is 0 Å². The van der Waals surface area contributed by atoms with Gasteiger partial charge in [0.2, 0.25) is 0 Å². The van der Waals surface area contributed by atoms with Gasteiger partial charge in [-0.15, -0.1) is 0 Å². The van der Waals surface area contributed by atoms with E-state index in [1.54, 1.807) is 36.4 Å². The Kier molecular flexibility index (Phi) is 4.94. The van der Waals surface area contributed by atoms with E-state index in [9.17, 15) is 4.57 Å². The summed E-state index contributed by atoms with van der Waals surface area (Å²) in [4.78, 5) is 0. The van der Waals surface area contributed by atoms with Crippen molar-refractivity contribution in [1.29, 1.82) is 0 Å². The number of hydrogen-bond donors (Lipinski definition) is 0. The Morgan fingerprint density at radius 3 is 2.05 bits per heavy atom. The maximum absolute atomic E-state index is 11.4. The summed E-state index contributed by atoms with van der Waals surface area (Å²) in [6.07, 6.45) is -3.75. The lowest BCUT2D eigenvalue weighted by molar-refractivity contribution is 0.509. The number of rotatable bonds is 4. The van der Waals surface area contributed by atoms with Crippen molar-refractivity contribution in [3.63, 3.8) is 0 Å². The van der Waals surface area contributed by atoms with Crippen molar-refractivity contribution in [2.45, 2.75) is 4.33 Å². The molecule has 0 radical (unpaired) electrons. The van der Waals surface area contributed by atoms with Crippen LogP contribution in [0.2, 0.25) is 0 Å². The van der Waals surface area contributed by atoms with E-state index in [4.69, 9.17) is 50.2 Å². The molecule has 0 bridgehead atoms. The van der Waals surface area contributed by atoms with Crippen LogP contribution in [0, 0.1) is 0 Å². The van der Waals surface area contributed by atoms with Gasteiger partial charge in [0, 0.05) is 28.0 Å². The topological polar surface area (TPSA) is 26.3 Å². The van der Waals surface area contributed by atoms with Crippen LogP contribution in [0.5, 0.6) is 5.75 Å². The molecule has 0 N–H and O–H groups in total. The number of halogens is 4. The Hall–Kier alpha value is -0.370. The summed E-state index contributed by atoms with van der Waals surface area (Å²) < 4.78 is 15.1. The van der Waals surface area contributed by atoms with Crippen molar-refractivity contribution in [2.24, 2.45) is 0 Å². The summed E-state index contributed by atoms with van der Waals surface area (Å²) in [5.74, 6) is 0.176. The molecule has 2 rings (SSSR count). The zero-order valence-corrected chi connectivity index (χ0v) is 13.9. The van der Waals surface area contributed by atoms with E-state index in [0.29, 0.717) is 11.1 Å². The molecule has 2 aromatic carbocycles. The number of hydrogen-bond acceptors (Lipinski definition) is 2. The van der Waals surface area contributed by atoms with Crippen LogP contribution in [0.1, 0.15) is 11.1 Å². The first-order chi connectivity index (χ1) is 9.31. The minimum Gasteiger partial charge on any atom is -0.422 e. The minimum atomic E-state index is -3.75. The molecule has 0 amide bonds. The van der Waals surface area contributed by atoms with Crippen molar-refractivity contribution in [1.82, 2.24) is 0 Å². The molecule has 0 unspecified atom stereocenters. The summed E-state index contributed by atoms with van der Waals surface area (Å²) in [6, 6.07) is 15.6. The smallest absolute Gasteiger partial charge is 0.422 e. The average Bonchev–Trinajstić information content (AvgIpc) is 2.38. The highest BCUT2D eigenvalue weighted by Crippen LogP contribution is 2.59. The van der Waals surface area contributed by atoms with Crippen molar-refractivity contribution >= 4 is 51.8 Å². The van der Waals surface area contributed by atoms with Crippen molar-refractivity contribution in [3.05, 3.63) is 65.7 Å². The Morgan fingerprint density at radius 1 is 0.900 bits per heavy atom. The van der Waals surface area contributed by atoms with Crippen molar-refractivity contribution in [3.8, 4) is 5.75 Å². The van der Waals surface area contributed by atoms with Crippen LogP contribution in [-0.4, -0.2) is 0 Å². The molecule has 20 heavy (non-hydrogen) atoms. The molecule has 0 heterocycles. The van der Waals surface area contributed by atoms with E-state index in [-0.39, 0.29) is 5.75 Å². The van der Waals surface area contributed by atoms with Crippen LogP contribution >= 0.6 is 51.8 Å². The second kappa shape index (κ2) is 6.17. The van der Waals surface area contributed by atoms with E-state index in [0.717, 1.165) is 0 Å². The highest BCUT2D eigenvalue weighted by Gasteiger charge is 2.33. The molecule has 2 aromatic rings. The number of alkyl halides is 2. The quantitative estimate of drug-likeness (QED) is 0.465.